The molecule has 1 fully saturated rings. The van der Waals surface area contributed by atoms with Crippen molar-refractivity contribution in [3.05, 3.63) is 0 Å². The molecule has 1 saturated heterocycles. The van der Waals surface area contributed by atoms with Gasteiger partial charge in [0.2, 0.25) is 0 Å². The molecule has 0 bridgehead atoms. The van der Waals surface area contributed by atoms with Crippen LogP contribution in [0.3, 0.4) is 0 Å². The van der Waals surface area contributed by atoms with E-state index >= 15 is 0 Å². The highest BCUT2D eigenvalue weighted by molar-refractivity contribution is 5.65. The van der Waals surface area contributed by atoms with Crippen LogP contribution >= 0.6 is 0 Å². The molecule has 3 N–H and O–H groups in total. The fraction of sp³-hybridized carbons (Fsp3) is 0.889. The lowest BCUT2D eigenvalue weighted by Gasteiger charge is -2.39. The molecule has 7 heteroatoms. The molecule has 1 aliphatic heterocycles. The van der Waals surface area contributed by atoms with E-state index in [1.807, 2.05) is 0 Å². The molecule has 0 saturated carbocycles. The second-order valence-corrected chi connectivity index (χ2v) is 3.55. The second kappa shape index (κ2) is 5.55. The van der Waals surface area contributed by atoms with Gasteiger partial charge in [0.15, 0.2) is 6.29 Å². The Morgan fingerprint density at radius 2 is 1.88 bits per heavy atom. The number of esters is 1. The highest BCUT2D eigenvalue weighted by Gasteiger charge is 2.44. The summed E-state index contributed by atoms with van der Waals surface area (Å²) in [5, 5.41) is 28.5. The fourth-order valence-corrected chi connectivity index (χ4v) is 1.45. The van der Waals surface area contributed by atoms with Crippen LogP contribution in [0.5, 0.6) is 0 Å². The summed E-state index contributed by atoms with van der Waals surface area (Å²) in [7, 11) is 1.29. The van der Waals surface area contributed by atoms with Crippen molar-refractivity contribution in [3.63, 3.8) is 0 Å². The molecule has 1 heterocycles. The van der Waals surface area contributed by atoms with Crippen molar-refractivity contribution in [2.75, 3.05) is 13.7 Å². The van der Waals surface area contributed by atoms with Crippen LogP contribution in [0.1, 0.15) is 6.92 Å². The van der Waals surface area contributed by atoms with Gasteiger partial charge in [-0.15, -0.1) is 0 Å². The maximum Gasteiger partial charge on any atom is 0.302 e. The molecule has 5 atom stereocenters. The monoisotopic (exact) mass is 236 g/mol. The van der Waals surface area contributed by atoms with E-state index in [0.29, 0.717) is 0 Å². The lowest BCUT2D eigenvalue weighted by Crippen LogP contribution is -2.59. The number of methoxy groups -OCH3 is 1. The van der Waals surface area contributed by atoms with Gasteiger partial charge in [0.1, 0.15) is 31.0 Å². The van der Waals surface area contributed by atoms with Gasteiger partial charge in [-0.3, -0.25) is 4.79 Å². The van der Waals surface area contributed by atoms with Gasteiger partial charge in [-0.2, -0.15) is 0 Å². The van der Waals surface area contributed by atoms with Crippen LogP contribution in [-0.2, 0) is 19.0 Å². The van der Waals surface area contributed by atoms with Crippen molar-refractivity contribution in [3.8, 4) is 0 Å². The van der Waals surface area contributed by atoms with E-state index in [-0.39, 0.29) is 6.61 Å². The summed E-state index contributed by atoms with van der Waals surface area (Å²) in [6, 6.07) is 0. The Balaban J connectivity index is 2.60. The Bertz CT molecular complexity index is 242. The van der Waals surface area contributed by atoms with Crippen molar-refractivity contribution in [2.24, 2.45) is 0 Å². The first-order valence-electron chi connectivity index (χ1n) is 4.83. The normalized spacial score (nSPS) is 39.4. The molecule has 0 aliphatic carbocycles. The van der Waals surface area contributed by atoms with E-state index in [9.17, 15) is 20.1 Å². The van der Waals surface area contributed by atoms with Gasteiger partial charge in [-0.05, 0) is 0 Å². The van der Waals surface area contributed by atoms with E-state index < -0.39 is 36.7 Å². The third-order valence-electron chi connectivity index (χ3n) is 2.35. The van der Waals surface area contributed by atoms with E-state index in [1.54, 1.807) is 0 Å². The molecule has 0 aromatic rings. The van der Waals surface area contributed by atoms with Gasteiger partial charge >= 0.3 is 5.97 Å². The van der Waals surface area contributed by atoms with Crippen LogP contribution in [0.4, 0.5) is 0 Å². The Labute approximate surface area is 92.5 Å². The van der Waals surface area contributed by atoms with Crippen molar-refractivity contribution in [2.45, 2.75) is 37.6 Å². The van der Waals surface area contributed by atoms with Crippen molar-refractivity contribution in [1.29, 1.82) is 0 Å². The number of ether oxygens (including phenoxy) is 3. The van der Waals surface area contributed by atoms with Crippen LogP contribution in [-0.4, -0.2) is 65.7 Å². The zero-order valence-corrected chi connectivity index (χ0v) is 9.07. The summed E-state index contributed by atoms with van der Waals surface area (Å²) < 4.78 is 14.6. The van der Waals surface area contributed by atoms with Gasteiger partial charge in [0.25, 0.3) is 0 Å². The Hall–Kier alpha value is -0.730. The average molecular weight is 236 g/mol. The predicted octanol–water partition coefficient (Wildman–Crippen LogP) is -2.00. The largest absolute Gasteiger partial charge is 0.463 e. The Morgan fingerprint density at radius 1 is 1.25 bits per heavy atom. The minimum absolute atomic E-state index is 0.208. The molecule has 16 heavy (non-hydrogen) atoms. The van der Waals surface area contributed by atoms with Crippen LogP contribution in [0.25, 0.3) is 0 Å². The summed E-state index contributed by atoms with van der Waals surface area (Å²) in [5.41, 5.74) is 0. The van der Waals surface area contributed by atoms with Crippen molar-refractivity contribution >= 4 is 5.97 Å². The maximum absolute atomic E-state index is 10.6. The molecule has 0 radical (unpaired) electrons. The van der Waals surface area contributed by atoms with E-state index in [1.165, 1.54) is 14.0 Å². The van der Waals surface area contributed by atoms with Gasteiger partial charge in [0, 0.05) is 14.0 Å². The third kappa shape index (κ3) is 2.89. The van der Waals surface area contributed by atoms with Gasteiger partial charge in [0.05, 0.1) is 0 Å². The second-order valence-electron chi connectivity index (χ2n) is 3.55. The van der Waals surface area contributed by atoms with Crippen molar-refractivity contribution < 1.29 is 34.3 Å². The molecular weight excluding hydrogens is 220 g/mol. The smallest absolute Gasteiger partial charge is 0.302 e. The molecule has 0 spiro atoms. The summed E-state index contributed by atoms with van der Waals surface area (Å²) in [6.45, 7) is 1.01. The molecular formula is C9H16O7. The molecule has 0 amide bonds. The zero-order chi connectivity index (χ0) is 12.3. The standard InChI is InChI=1S/C9H16O7/c1-4(10)15-3-5-6(11)7(12)8(13)9(14-2)16-5/h5-9,11-13H,3H2,1-2H3/t5-,6+,7+,8-,9-/m1/s1. The van der Waals surface area contributed by atoms with E-state index in [0.717, 1.165) is 0 Å². The molecule has 94 valence electrons. The number of aliphatic hydroxyl groups is 3. The molecule has 1 rings (SSSR count). The Morgan fingerprint density at radius 3 is 2.38 bits per heavy atom. The number of carbonyl (C=O) groups excluding carboxylic acids is 1. The van der Waals surface area contributed by atoms with E-state index in [2.05, 4.69) is 4.74 Å². The van der Waals surface area contributed by atoms with Gasteiger partial charge < -0.3 is 29.5 Å². The summed E-state index contributed by atoms with van der Waals surface area (Å²) >= 11 is 0. The third-order valence-corrected chi connectivity index (χ3v) is 2.35. The first-order chi connectivity index (χ1) is 7.47. The predicted molar refractivity (Wildman–Crippen MR) is 50.3 cm³/mol. The first kappa shape index (κ1) is 13.3. The number of rotatable bonds is 3. The summed E-state index contributed by atoms with van der Waals surface area (Å²) in [6.07, 6.45) is -6.06. The summed E-state index contributed by atoms with van der Waals surface area (Å²) in [4.78, 5) is 10.6. The maximum atomic E-state index is 10.6. The lowest BCUT2D eigenvalue weighted by molar-refractivity contribution is -0.295. The number of hydrogen-bond donors (Lipinski definition) is 3. The average Bonchev–Trinajstić information content (AvgIpc) is 2.25. The number of hydrogen-bond acceptors (Lipinski definition) is 7. The van der Waals surface area contributed by atoms with Crippen LogP contribution in [0, 0.1) is 0 Å². The number of carbonyl (C=O) groups is 1. The Kier molecular flexibility index (Phi) is 4.63. The minimum Gasteiger partial charge on any atom is -0.463 e. The summed E-state index contributed by atoms with van der Waals surface area (Å²) in [5.74, 6) is -0.523. The molecule has 0 unspecified atom stereocenters. The van der Waals surface area contributed by atoms with Crippen LogP contribution in [0.2, 0.25) is 0 Å². The zero-order valence-electron chi connectivity index (χ0n) is 9.07. The highest BCUT2D eigenvalue weighted by Crippen LogP contribution is 2.21. The van der Waals surface area contributed by atoms with Crippen LogP contribution in [0.15, 0.2) is 0 Å². The minimum atomic E-state index is -1.40. The molecule has 0 aromatic carbocycles. The topological polar surface area (TPSA) is 105 Å². The lowest BCUT2D eigenvalue weighted by atomic mass is 9.99. The van der Waals surface area contributed by atoms with Gasteiger partial charge in [-0.25, -0.2) is 0 Å². The van der Waals surface area contributed by atoms with Crippen molar-refractivity contribution in [1.82, 2.24) is 0 Å². The SMILES string of the molecule is CO[C@@H]1O[C@H](COC(C)=O)[C@H](O)[C@H](O)[C@H]1O. The highest BCUT2D eigenvalue weighted by atomic mass is 16.7. The van der Waals surface area contributed by atoms with E-state index in [4.69, 9.17) is 9.47 Å². The molecule has 1 aliphatic rings. The quantitative estimate of drug-likeness (QED) is 0.487. The number of aliphatic hydroxyl groups excluding tert-OH is 3. The first-order valence-corrected chi connectivity index (χ1v) is 4.83. The van der Waals surface area contributed by atoms with Gasteiger partial charge in [-0.1, -0.05) is 0 Å². The fourth-order valence-electron chi connectivity index (χ4n) is 1.45. The van der Waals surface area contributed by atoms with Crippen LogP contribution < -0.4 is 0 Å². The molecule has 7 nitrogen and oxygen atoms in total. The molecule has 0 aromatic heterocycles.